The molecule has 3 rings (SSSR count). The second-order valence-electron chi connectivity index (χ2n) is 6.70. The summed E-state index contributed by atoms with van der Waals surface area (Å²) in [4.78, 5) is 8.81. The molecule has 9 heteroatoms. The van der Waals surface area contributed by atoms with Crippen LogP contribution in [-0.4, -0.2) is 50.5 Å². The van der Waals surface area contributed by atoms with Crippen LogP contribution in [0, 0.1) is 11.6 Å². The van der Waals surface area contributed by atoms with Gasteiger partial charge in [0.05, 0.1) is 5.69 Å². The number of sulfonamides is 1. The van der Waals surface area contributed by atoms with Crippen molar-refractivity contribution >= 4 is 21.5 Å². The Labute approximate surface area is 164 Å². The average molecular weight is 410 g/mol. The fraction of sp³-hybridized carbons (Fsp3) is 0.421. The number of anilines is 2. The quantitative estimate of drug-likeness (QED) is 0.760. The van der Waals surface area contributed by atoms with E-state index >= 15 is 0 Å². The van der Waals surface area contributed by atoms with Gasteiger partial charge in [-0.1, -0.05) is 13.8 Å². The van der Waals surface area contributed by atoms with Crippen LogP contribution in [0.4, 0.5) is 20.3 Å². The molecule has 1 N–H and O–H groups in total. The van der Waals surface area contributed by atoms with Crippen LogP contribution in [0.25, 0.3) is 0 Å². The lowest BCUT2D eigenvalue weighted by molar-refractivity contribution is 0.232. The van der Waals surface area contributed by atoms with E-state index in [1.54, 1.807) is 6.07 Å². The number of likely N-dealkylation sites (N-methyl/N-ethyl adjacent to an activating group) is 1. The number of rotatable bonds is 7. The summed E-state index contributed by atoms with van der Waals surface area (Å²) in [6.45, 7) is 8.00. The van der Waals surface area contributed by atoms with Crippen LogP contribution in [0.2, 0.25) is 0 Å². The molecule has 1 saturated heterocycles. The van der Waals surface area contributed by atoms with Crippen LogP contribution >= 0.6 is 0 Å². The van der Waals surface area contributed by atoms with Crippen molar-refractivity contribution in [2.45, 2.75) is 31.2 Å². The average Bonchev–Trinajstić information content (AvgIpc) is 3.16. The number of benzene rings is 1. The minimum atomic E-state index is -3.94. The maximum atomic E-state index is 13.3. The van der Waals surface area contributed by atoms with Crippen LogP contribution in [-0.2, 0) is 10.0 Å². The Morgan fingerprint density at radius 3 is 2.54 bits per heavy atom. The molecule has 1 aromatic heterocycles. The highest BCUT2D eigenvalue weighted by atomic mass is 32.2. The Balaban J connectivity index is 1.70. The van der Waals surface area contributed by atoms with E-state index in [0.717, 1.165) is 56.6 Å². The summed E-state index contributed by atoms with van der Waals surface area (Å²) >= 11 is 0. The second kappa shape index (κ2) is 8.40. The zero-order valence-electron chi connectivity index (χ0n) is 15.9. The van der Waals surface area contributed by atoms with Gasteiger partial charge in [-0.3, -0.25) is 9.62 Å². The summed E-state index contributed by atoms with van der Waals surface area (Å²) in [5, 5.41) is 0. The maximum Gasteiger partial charge on any atom is 0.263 e. The van der Waals surface area contributed by atoms with Gasteiger partial charge in [-0.15, -0.1) is 0 Å². The summed E-state index contributed by atoms with van der Waals surface area (Å²) < 4.78 is 53.4. The number of hydrogen-bond donors (Lipinski definition) is 1. The van der Waals surface area contributed by atoms with Crippen molar-refractivity contribution in [3.05, 3.63) is 48.2 Å². The van der Waals surface area contributed by atoms with Crippen molar-refractivity contribution in [1.82, 2.24) is 9.88 Å². The molecule has 1 atom stereocenters. The number of aromatic nitrogens is 1. The van der Waals surface area contributed by atoms with Gasteiger partial charge in [0.15, 0.2) is 11.6 Å². The first-order chi connectivity index (χ1) is 13.3. The first-order valence-corrected chi connectivity index (χ1v) is 10.7. The summed E-state index contributed by atoms with van der Waals surface area (Å²) in [6.07, 6.45) is 2.32. The van der Waals surface area contributed by atoms with Crippen LogP contribution in [0.3, 0.4) is 0 Å². The van der Waals surface area contributed by atoms with Crippen molar-refractivity contribution in [3.63, 3.8) is 0 Å². The molecule has 2 heterocycles. The lowest BCUT2D eigenvalue weighted by Gasteiger charge is -2.26. The molecular weight excluding hydrogens is 386 g/mol. The molecule has 1 aliphatic rings. The highest BCUT2D eigenvalue weighted by Gasteiger charge is 2.27. The molecule has 0 bridgehead atoms. The summed E-state index contributed by atoms with van der Waals surface area (Å²) in [7, 11) is -3.94. The molecule has 1 aromatic carbocycles. The SMILES string of the molecule is CCN(CC)C1CCN(c2ccc(S(=O)(=O)Nc3ccc(F)c(F)c3)cn2)C1. The van der Waals surface area contributed by atoms with Gasteiger partial charge >= 0.3 is 0 Å². The Hall–Kier alpha value is -2.26. The number of hydrogen-bond acceptors (Lipinski definition) is 5. The normalized spacial score (nSPS) is 17.3. The van der Waals surface area contributed by atoms with Crippen molar-refractivity contribution in [2.75, 3.05) is 35.8 Å². The fourth-order valence-corrected chi connectivity index (χ4v) is 4.47. The topological polar surface area (TPSA) is 65.5 Å². The van der Waals surface area contributed by atoms with Crippen molar-refractivity contribution in [3.8, 4) is 0 Å². The zero-order valence-corrected chi connectivity index (χ0v) is 16.7. The first kappa shape index (κ1) is 20.5. The van der Waals surface area contributed by atoms with Crippen LogP contribution in [0.15, 0.2) is 41.4 Å². The van der Waals surface area contributed by atoms with Gasteiger partial charge in [0.25, 0.3) is 10.0 Å². The van der Waals surface area contributed by atoms with Gasteiger partial charge < -0.3 is 4.90 Å². The predicted octanol–water partition coefficient (Wildman–Crippen LogP) is 3.08. The molecule has 0 aliphatic carbocycles. The van der Waals surface area contributed by atoms with E-state index in [-0.39, 0.29) is 10.6 Å². The molecule has 2 aromatic rings. The highest BCUT2D eigenvalue weighted by Crippen LogP contribution is 2.23. The molecule has 0 spiro atoms. The summed E-state index contributed by atoms with van der Waals surface area (Å²) in [5.74, 6) is -1.44. The van der Waals surface area contributed by atoms with Crippen molar-refractivity contribution in [1.29, 1.82) is 0 Å². The summed E-state index contributed by atoms with van der Waals surface area (Å²) in [6, 6.07) is 6.44. The summed E-state index contributed by atoms with van der Waals surface area (Å²) in [5.41, 5.74) is -0.0513. The van der Waals surface area contributed by atoms with E-state index in [1.165, 1.54) is 12.3 Å². The van der Waals surface area contributed by atoms with Crippen LogP contribution in [0.5, 0.6) is 0 Å². The minimum absolute atomic E-state index is 0.0412. The molecule has 0 saturated carbocycles. The molecule has 0 amide bonds. The van der Waals surface area contributed by atoms with E-state index in [9.17, 15) is 17.2 Å². The fourth-order valence-electron chi connectivity index (χ4n) is 3.48. The molecule has 28 heavy (non-hydrogen) atoms. The largest absolute Gasteiger partial charge is 0.355 e. The molecular formula is C19H24F2N4O2S. The molecule has 1 aliphatic heterocycles. The number of nitrogens with one attached hydrogen (secondary N) is 1. The smallest absolute Gasteiger partial charge is 0.263 e. The van der Waals surface area contributed by atoms with Crippen LogP contribution in [0.1, 0.15) is 20.3 Å². The molecule has 1 unspecified atom stereocenters. The lowest BCUT2D eigenvalue weighted by Crippen LogP contribution is -2.37. The maximum absolute atomic E-state index is 13.3. The van der Waals surface area contributed by atoms with Gasteiger partial charge in [-0.05, 0) is 43.8 Å². The van der Waals surface area contributed by atoms with Gasteiger partial charge in [-0.25, -0.2) is 22.2 Å². The Morgan fingerprint density at radius 2 is 1.93 bits per heavy atom. The monoisotopic (exact) mass is 410 g/mol. The van der Waals surface area contributed by atoms with E-state index in [1.807, 2.05) is 0 Å². The minimum Gasteiger partial charge on any atom is -0.355 e. The number of pyridine rings is 1. The van der Waals surface area contributed by atoms with Gasteiger partial charge in [-0.2, -0.15) is 0 Å². The number of nitrogens with zero attached hydrogens (tertiary/aromatic N) is 3. The second-order valence-corrected chi connectivity index (χ2v) is 8.38. The Bertz CT molecular complexity index is 918. The molecule has 0 radical (unpaired) electrons. The van der Waals surface area contributed by atoms with E-state index in [4.69, 9.17) is 0 Å². The zero-order chi connectivity index (χ0) is 20.3. The highest BCUT2D eigenvalue weighted by molar-refractivity contribution is 7.92. The van der Waals surface area contributed by atoms with Crippen LogP contribution < -0.4 is 9.62 Å². The number of halogens is 2. The van der Waals surface area contributed by atoms with E-state index in [2.05, 4.69) is 33.4 Å². The molecule has 6 nitrogen and oxygen atoms in total. The predicted molar refractivity (Wildman–Crippen MR) is 105 cm³/mol. The van der Waals surface area contributed by atoms with Gasteiger partial charge in [0.2, 0.25) is 0 Å². The third kappa shape index (κ3) is 4.41. The van der Waals surface area contributed by atoms with E-state index in [0.29, 0.717) is 6.04 Å². The van der Waals surface area contributed by atoms with E-state index < -0.39 is 21.7 Å². The first-order valence-electron chi connectivity index (χ1n) is 9.27. The Morgan fingerprint density at radius 1 is 1.18 bits per heavy atom. The van der Waals surface area contributed by atoms with Crippen molar-refractivity contribution in [2.24, 2.45) is 0 Å². The Kier molecular flexibility index (Phi) is 6.14. The van der Waals surface area contributed by atoms with Crippen molar-refractivity contribution < 1.29 is 17.2 Å². The third-order valence-electron chi connectivity index (χ3n) is 5.02. The van der Waals surface area contributed by atoms with Gasteiger partial charge in [0, 0.05) is 31.4 Å². The molecule has 152 valence electrons. The van der Waals surface area contributed by atoms with Gasteiger partial charge in [0.1, 0.15) is 10.7 Å². The molecule has 1 fully saturated rings. The third-order valence-corrected chi connectivity index (χ3v) is 6.39. The lowest BCUT2D eigenvalue weighted by atomic mass is 10.2. The standard InChI is InChI=1S/C19H24F2N4O2S/c1-3-24(4-2)15-9-10-25(13-15)19-8-6-16(12-22-19)28(26,27)23-14-5-7-17(20)18(21)11-14/h5-8,11-12,15,23H,3-4,9-10,13H2,1-2H3.